The highest BCUT2D eigenvalue weighted by atomic mass is 35.5. The Morgan fingerprint density at radius 2 is 1.98 bits per heavy atom. The smallest absolute Gasteiger partial charge is 0.229 e. The van der Waals surface area contributed by atoms with Crippen LogP contribution in [0.1, 0.15) is 46.3 Å². The number of ether oxygens (including phenoxy) is 1. The lowest BCUT2D eigenvalue weighted by Gasteiger charge is -2.23. The molecule has 0 aliphatic carbocycles. The fourth-order valence-electron chi connectivity index (χ4n) is 5.25. The molecule has 9 nitrogen and oxygen atoms in total. The molecule has 11 heteroatoms. The number of nitrogens with one attached hydrogen (secondary N) is 2. The molecule has 1 unspecified atom stereocenters. The summed E-state index contributed by atoms with van der Waals surface area (Å²) >= 11 is 7.78. The maximum atomic E-state index is 12.6. The molecular weight excluding hydrogens is 582 g/mol. The maximum absolute atomic E-state index is 12.6. The van der Waals surface area contributed by atoms with Crippen molar-refractivity contribution in [1.82, 2.24) is 29.7 Å². The molecule has 1 saturated heterocycles. The van der Waals surface area contributed by atoms with Crippen molar-refractivity contribution in [3.05, 3.63) is 65.3 Å². The second-order valence-corrected chi connectivity index (χ2v) is 13.5. The van der Waals surface area contributed by atoms with Crippen molar-refractivity contribution in [3.63, 3.8) is 0 Å². The Morgan fingerprint density at radius 1 is 1.09 bits per heavy atom. The molecule has 1 aliphatic heterocycles. The van der Waals surface area contributed by atoms with E-state index in [1.807, 2.05) is 67.9 Å². The molecule has 1 aromatic carbocycles. The molecule has 0 bridgehead atoms. The first-order chi connectivity index (χ1) is 20.7. The zero-order valence-electron chi connectivity index (χ0n) is 24.0. The number of pyridine rings is 2. The molecule has 1 aliphatic rings. The van der Waals surface area contributed by atoms with Crippen molar-refractivity contribution >= 4 is 56.6 Å². The van der Waals surface area contributed by atoms with E-state index in [1.54, 1.807) is 12.4 Å². The predicted molar refractivity (Wildman–Crippen MR) is 171 cm³/mol. The molecule has 1 fully saturated rings. The Balaban J connectivity index is 1.35. The molecular formula is C32H30ClN7O2S. The second-order valence-electron chi connectivity index (χ2n) is 11.7. The summed E-state index contributed by atoms with van der Waals surface area (Å²) in [6.45, 7) is 6.33. The molecule has 43 heavy (non-hydrogen) atoms. The average molecular weight is 612 g/mol. The SMILES string of the molecule is CC(C)(C)C(=O)Nc1cncc(-c2ccc3c(n2)c(-c2nc4c(-c5ccc(Cl)s5)cccc4[nH]2)nn3C2CCCCO2)c1. The first-order valence-electron chi connectivity index (χ1n) is 14.3. The number of hydrogen-bond acceptors (Lipinski definition) is 7. The minimum atomic E-state index is -0.528. The van der Waals surface area contributed by atoms with Gasteiger partial charge in [-0.2, -0.15) is 5.10 Å². The van der Waals surface area contributed by atoms with Gasteiger partial charge >= 0.3 is 0 Å². The third kappa shape index (κ3) is 5.30. The van der Waals surface area contributed by atoms with Crippen molar-refractivity contribution in [2.24, 2.45) is 5.41 Å². The summed E-state index contributed by atoms with van der Waals surface area (Å²) in [4.78, 5) is 31.7. The van der Waals surface area contributed by atoms with Gasteiger partial charge in [0, 0.05) is 34.2 Å². The van der Waals surface area contributed by atoms with Gasteiger partial charge in [-0.25, -0.2) is 14.6 Å². The topological polar surface area (TPSA) is 111 Å². The highest BCUT2D eigenvalue weighted by molar-refractivity contribution is 7.19. The number of imidazole rings is 1. The third-order valence-corrected chi connectivity index (χ3v) is 8.79. The summed E-state index contributed by atoms with van der Waals surface area (Å²) in [5, 5.41) is 8.01. The number of carbonyl (C=O) groups is 1. The van der Waals surface area contributed by atoms with Gasteiger partial charge in [0.15, 0.2) is 17.7 Å². The Bertz CT molecular complexity index is 1980. The van der Waals surface area contributed by atoms with Crippen LogP contribution < -0.4 is 5.32 Å². The van der Waals surface area contributed by atoms with E-state index in [4.69, 9.17) is 31.4 Å². The first-order valence-corrected chi connectivity index (χ1v) is 15.5. The number of carbonyl (C=O) groups excluding carboxylic acids is 1. The lowest BCUT2D eigenvalue weighted by Crippen LogP contribution is -2.27. The number of rotatable bonds is 5. The molecule has 2 N–H and O–H groups in total. The Labute approximate surface area is 257 Å². The number of anilines is 1. The molecule has 6 aromatic rings. The zero-order valence-corrected chi connectivity index (χ0v) is 25.6. The summed E-state index contributed by atoms with van der Waals surface area (Å²) < 4.78 is 8.80. The number of para-hydroxylation sites is 1. The van der Waals surface area contributed by atoms with Gasteiger partial charge in [-0.05, 0) is 55.7 Å². The Kier molecular flexibility index (Phi) is 6.99. The quantitative estimate of drug-likeness (QED) is 0.204. The number of H-pyrrole nitrogens is 1. The number of aromatic nitrogens is 6. The lowest BCUT2D eigenvalue weighted by atomic mass is 9.95. The number of aromatic amines is 1. The molecule has 1 atom stereocenters. The average Bonchev–Trinajstić information content (AvgIpc) is 3.73. The molecule has 0 saturated carbocycles. The van der Waals surface area contributed by atoms with Gasteiger partial charge in [0.2, 0.25) is 5.91 Å². The van der Waals surface area contributed by atoms with Gasteiger partial charge in [-0.15, -0.1) is 11.3 Å². The van der Waals surface area contributed by atoms with Gasteiger partial charge < -0.3 is 15.0 Å². The van der Waals surface area contributed by atoms with Crippen LogP contribution in [0.5, 0.6) is 0 Å². The lowest BCUT2D eigenvalue weighted by molar-refractivity contribution is -0.123. The highest BCUT2D eigenvalue weighted by Crippen LogP contribution is 2.37. The Hall–Kier alpha value is -4.12. The van der Waals surface area contributed by atoms with Crippen molar-refractivity contribution < 1.29 is 9.53 Å². The number of hydrogen-bond donors (Lipinski definition) is 2. The molecule has 7 rings (SSSR count). The van der Waals surface area contributed by atoms with Crippen LogP contribution in [-0.2, 0) is 9.53 Å². The van der Waals surface area contributed by atoms with Crippen LogP contribution in [0.2, 0.25) is 4.34 Å². The summed E-state index contributed by atoms with van der Waals surface area (Å²) in [5.41, 5.74) is 6.53. The van der Waals surface area contributed by atoms with Crippen LogP contribution in [0.3, 0.4) is 0 Å². The molecule has 6 heterocycles. The van der Waals surface area contributed by atoms with E-state index in [0.29, 0.717) is 35.0 Å². The van der Waals surface area contributed by atoms with Gasteiger partial charge in [0.25, 0.3) is 0 Å². The van der Waals surface area contributed by atoms with Crippen molar-refractivity contribution in [2.45, 2.75) is 46.3 Å². The maximum Gasteiger partial charge on any atom is 0.229 e. The van der Waals surface area contributed by atoms with E-state index in [2.05, 4.69) is 21.4 Å². The van der Waals surface area contributed by atoms with Gasteiger partial charge in [0.1, 0.15) is 5.52 Å². The number of fused-ring (bicyclic) bond motifs is 2. The van der Waals surface area contributed by atoms with Crippen LogP contribution in [-0.4, -0.2) is 42.2 Å². The van der Waals surface area contributed by atoms with E-state index in [9.17, 15) is 4.79 Å². The molecule has 218 valence electrons. The van der Waals surface area contributed by atoms with Crippen LogP contribution >= 0.6 is 22.9 Å². The van der Waals surface area contributed by atoms with Crippen LogP contribution in [0.4, 0.5) is 5.69 Å². The van der Waals surface area contributed by atoms with Gasteiger partial charge in [-0.1, -0.05) is 44.5 Å². The zero-order chi connectivity index (χ0) is 29.7. The largest absolute Gasteiger partial charge is 0.356 e. The second kappa shape index (κ2) is 10.9. The predicted octanol–water partition coefficient (Wildman–Crippen LogP) is 8.10. The molecule has 1 amide bonds. The summed E-state index contributed by atoms with van der Waals surface area (Å²) in [5.74, 6) is 0.540. The van der Waals surface area contributed by atoms with E-state index < -0.39 is 5.41 Å². The monoisotopic (exact) mass is 611 g/mol. The number of halogens is 1. The van der Waals surface area contributed by atoms with Crippen molar-refractivity contribution in [1.29, 1.82) is 0 Å². The normalized spacial score (nSPS) is 15.8. The van der Waals surface area contributed by atoms with E-state index in [0.717, 1.165) is 56.2 Å². The van der Waals surface area contributed by atoms with Crippen molar-refractivity contribution in [2.75, 3.05) is 11.9 Å². The number of benzene rings is 1. The first kappa shape index (κ1) is 27.7. The summed E-state index contributed by atoms with van der Waals surface area (Å²) in [7, 11) is 0. The fourth-order valence-corrected chi connectivity index (χ4v) is 6.31. The summed E-state index contributed by atoms with van der Waals surface area (Å²) in [6, 6.07) is 15.8. The van der Waals surface area contributed by atoms with Crippen LogP contribution in [0, 0.1) is 5.41 Å². The van der Waals surface area contributed by atoms with E-state index in [-0.39, 0.29) is 12.1 Å². The fraction of sp³-hybridized carbons (Fsp3) is 0.281. The molecule has 5 aromatic heterocycles. The number of amides is 1. The number of nitrogens with zero attached hydrogens (tertiary/aromatic N) is 5. The van der Waals surface area contributed by atoms with E-state index in [1.165, 1.54) is 11.3 Å². The third-order valence-electron chi connectivity index (χ3n) is 7.53. The molecule has 0 spiro atoms. The van der Waals surface area contributed by atoms with E-state index >= 15 is 0 Å². The minimum Gasteiger partial charge on any atom is -0.356 e. The van der Waals surface area contributed by atoms with Gasteiger partial charge in [0.05, 0.1) is 38.5 Å². The van der Waals surface area contributed by atoms with Crippen LogP contribution in [0.15, 0.2) is 60.9 Å². The minimum absolute atomic E-state index is 0.0834. The Morgan fingerprint density at radius 3 is 2.74 bits per heavy atom. The van der Waals surface area contributed by atoms with Crippen molar-refractivity contribution in [3.8, 4) is 33.2 Å². The molecule has 0 radical (unpaired) electrons. The number of thiophene rings is 1. The van der Waals surface area contributed by atoms with Crippen LogP contribution in [0.25, 0.3) is 55.3 Å². The standard InChI is InChI=1S/C32H30ClN7O2S/c1-32(2,3)31(41)35-19-15-18(16-34-17-19)21-10-11-23-28(36-21)29(39-40(23)26-9-4-5-14-42-26)30-37-22-8-6-7-20(27(22)38-30)24-12-13-25(33)43-24/h6-8,10-13,15-17,26H,4-5,9,14H2,1-3H3,(H,35,41)(H,37,38). The van der Waals surface area contributed by atoms with Gasteiger partial charge in [-0.3, -0.25) is 9.78 Å². The highest BCUT2D eigenvalue weighted by Gasteiger charge is 2.25. The summed E-state index contributed by atoms with van der Waals surface area (Å²) in [6.07, 6.45) is 6.20.